The number of hydrogen-bond donors (Lipinski definition) is 0. The molecule has 0 amide bonds. The highest BCUT2D eigenvalue weighted by atomic mass is 16.1. The lowest BCUT2D eigenvalue weighted by Crippen LogP contribution is -2.09. The summed E-state index contributed by atoms with van der Waals surface area (Å²) >= 11 is 0. The Bertz CT molecular complexity index is 167. The maximum Gasteiger partial charge on any atom is 0.159 e. The Morgan fingerprint density at radius 3 is 2.00 bits per heavy atom. The largest absolute Gasteiger partial charge is 0.295 e. The molecule has 0 N–H and O–H groups in total. The summed E-state index contributed by atoms with van der Waals surface area (Å²) in [6.07, 6.45) is 1.76. The van der Waals surface area contributed by atoms with Gasteiger partial charge in [-0.05, 0) is 18.9 Å². The van der Waals surface area contributed by atoms with Crippen molar-refractivity contribution in [2.45, 2.75) is 20.8 Å². The number of allylic oxidation sites excluding steroid dienone is 2. The third-order valence-corrected chi connectivity index (χ3v) is 2.29. The molecule has 0 bridgehead atoms. The zero-order valence-electron chi connectivity index (χ0n) is 6.14. The van der Waals surface area contributed by atoms with E-state index in [1.54, 1.807) is 6.08 Å². The van der Waals surface area contributed by atoms with Gasteiger partial charge in [0.05, 0.1) is 0 Å². The van der Waals surface area contributed by atoms with E-state index in [1.807, 2.05) is 13.8 Å². The molecule has 0 aromatic carbocycles. The van der Waals surface area contributed by atoms with Gasteiger partial charge in [0.1, 0.15) is 0 Å². The number of carbonyl (C=O) groups excluding carboxylic acids is 1. The number of hydrogen-bond acceptors (Lipinski definition) is 1. The molecule has 1 unspecified atom stereocenters. The minimum atomic E-state index is 0.227. The first-order valence-corrected chi connectivity index (χ1v) is 3.35. The highest BCUT2D eigenvalue weighted by molar-refractivity contribution is 5.95. The molecule has 0 radical (unpaired) electrons. The summed E-state index contributed by atoms with van der Waals surface area (Å²) < 4.78 is 0. The van der Waals surface area contributed by atoms with Crippen LogP contribution in [0.4, 0.5) is 0 Å². The van der Waals surface area contributed by atoms with E-state index in [1.165, 1.54) is 5.57 Å². The van der Waals surface area contributed by atoms with Crippen molar-refractivity contribution in [3.63, 3.8) is 0 Å². The van der Waals surface area contributed by atoms with Crippen LogP contribution in [0.15, 0.2) is 11.6 Å². The average molecular weight is 124 g/mol. The molecule has 1 aliphatic carbocycles. The molecule has 1 aliphatic rings. The normalized spacial score (nSPS) is 35.0. The lowest BCUT2D eigenvalue weighted by Gasteiger charge is -2.08. The van der Waals surface area contributed by atoms with E-state index in [-0.39, 0.29) is 5.92 Å². The van der Waals surface area contributed by atoms with E-state index >= 15 is 0 Å². The van der Waals surface area contributed by atoms with Crippen LogP contribution in [-0.4, -0.2) is 5.78 Å². The van der Waals surface area contributed by atoms with Crippen molar-refractivity contribution in [3.8, 4) is 0 Å². The third-order valence-electron chi connectivity index (χ3n) is 2.29. The number of rotatable bonds is 0. The van der Waals surface area contributed by atoms with E-state index in [4.69, 9.17) is 0 Å². The second-order valence-electron chi connectivity index (χ2n) is 2.87. The summed E-state index contributed by atoms with van der Waals surface area (Å²) in [5.41, 5.74) is 1.23. The van der Waals surface area contributed by atoms with Gasteiger partial charge in [-0.25, -0.2) is 0 Å². The zero-order chi connectivity index (χ0) is 7.02. The summed E-state index contributed by atoms with van der Waals surface area (Å²) in [7, 11) is 0. The second kappa shape index (κ2) is 1.98. The van der Waals surface area contributed by atoms with Crippen LogP contribution in [0, 0.1) is 11.8 Å². The Labute approximate surface area is 55.8 Å². The zero-order valence-corrected chi connectivity index (χ0v) is 6.14. The topological polar surface area (TPSA) is 17.1 Å². The summed E-state index contributed by atoms with van der Waals surface area (Å²) in [6.45, 7) is 6.10. The molecule has 2 atom stereocenters. The van der Waals surface area contributed by atoms with Gasteiger partial charge in [0, 0.05) is 5.92 Å². The monoisotopic (exact) mass is 124 g/mol. The Morgan fingerprint density at radius 2 is 1.89 bits per heavy atom. The van der Waals surface area contributed by atoms with Gasteiger partial charge < -0.3 is 0 Å². The molecule has 0 saturated carbocycles. The molecular weight excluding hydrogens is 112 g/mol. The van der Waals surface area contributed by atoms with E-state index in [2.05, 4.69) is 6.92 Å². The van der Waals surface area contributed by atoms with E-state index in [9.17, 15) is 4.79 Å². The maximum atomic E-state index is 10.9. The van der Waals surface area contributed by atoms with Crippen molar-refractivity contribution >= 4 is 5.78 Å². The van der Waals surface area contributed by atoms with Crippen molar-refractivity contribution in [2.75, 3.05) is 0 Å². The lowest BCUT2D eigenvalue weighted by molar-refractivity contribution is -0.117. The molecule has 9 heavy (non-hydrogen) atoms. The van der Waals surface area contributed by atoms with Crippen molar-refractivity contribution < 1.29 is 4.79 Å². The Hall–Kier alpha value is -0.590. The first-order valence-electron chi connectivity index (χ1n) is 3.35. The van der Waals surface area contributed by atoms with Gasteiger partial charge >= 0.3 is 0 Å². The van der Waals surface area contributed by atoms with Crippen LogP contribution in [0.2, 0.25) is 0 Å². The van der Waals surface area contributed by atoms with Crippen LogP contribution < -0.4 is 0 Å². The van der Waals surface area contributed by atoms with E-state index in [0.29, 0.717) is 11.7 Å². The molecule has 0 saturated heterocycles. The number of carbonyl (C=O) groups is 1. The average Bonchev–Trinajstić information content (AvgIpc) is 1.98. The molecule has 1 nitrogen and oxygen atoms in total. The van der Waals surface area contributed by atoms with Gasteiger partial charge in [-0.3, -0.25) is 4.79 Å². The summed E-state index contributed by atoms with van der Waals surface area (Å²) in [5, 5.41) is 0. The van der Waals surface area contributed by atoms with Crippen molar-refractivity contribution in [2.24, 2.45) is 11.8 Å². The van der Waals surface area contributed by atoms with Gasteiger partial charge in [-0.15, -0.1) is 0 Å². The SMILES string of the molecule is CC1=CC(=O)C(C)[C@@H]1C. The Morgan fingerprint density at radius 1 is 1.33 bits per heavy atom. The second-order valence-corrected chi connectivity index (χ2v) is 2.87. The highest BCUT2D eigenvalue weighted by Gasteiger charge is 2.25. The van der Waals surface area contributed by atoms with Crippen LogP contribution in [0.5, 0.6) is 0 Å². The van der Waals surface area contributed by atoms with Crippen LogP contribution >= 0.6 is 0 Å². The fraction of sp³-hybridized carbons (Fsp3) is 0.625. The first-order chi connectivity index (χ1) is 4.13. The molecular formula is C8H12O. The van der Waals surface area contributed by atoms with Crippen molar-refractivity contribution in [1.82, 2.24) is 0 Å². The number of ketones is 1. The summed E-state index contributed by atoms with van der Waals surface area (Å²) in [4.78, 5) is 10.9. The van der Waals surface area contributed by atoms with Gasteiger partial charge in [0.15, 0.2) is 5.78 Å². The fourth-order valence-corrected chi connectivity index (χ4v) is 1.13. The van der Waals surface area contributed by atoms with Crippen LogP contribution in [0.25, 0.3) is 0 Å². The molecule has 0 aliphatic heterocycles. The third kappa shape index (κ3) is 0.913. The van der Waals surface area contributed by atoms with Crippen LogP contribution in [0.1, 0.15) is 20.8 Å². The molecule has 0 fully saturated rings. The summed E-state index contributed by atoms with van der Waals surface area (Å²) in [6, 6.07) is 0. The van der Waals surface area contributed by atoms with Gasteiger partial charge in [-0.2, -0.15) is 0 Å². The predicted octanol–water partition coefficient (Wildman–Crippen LogP) is 1.79. The molecule has 0 aromatic rings. The highest BCUT2D eigenvalue weighted by Crippen LogP contribution is 2.27. The van der Waals surface area contributed by atoms with Crippen molar-refractivity contribution in [1.29, 1.82) is 0 Å². The first kappa shape index (κ1) is 6.53. The van der Waals surface area contributed by atoms with Gasteiger partial charge in [-0.1, -0.05) is 19.4 Å². The summed E-state index contributed by atoms with van der Waals surface area (Å²) in [5.74, 6) is 0.988. The minimum absolute atomic E-state index is 0.227. The van der Waals surface area contributed by atoms with Crippen molar-refractivity contribution in [3.05, 3.63) is 11.6 Å². The molecule has 1 heteroatoms. The smallest absolute Gasteiger partial charge is 0.159 e. The van der Waals surface area contributed by atoms with Gasteiger partial charge in [0.25, 0.3) is 0 Å². The standard InChI is InChI=1S/C8H12O/c1-5-4-8(9)7(3)6(5)2/h4,6-7H,1-3H3/t6-,7?/m1/s1. The molecule has 50 valence electrons. The van der Waals surface area contributed by atoms with E-state index < -0.39 is 0 Å². The van der Waals surface area contributed by atoms with Crippen LogP contribution in [0.3, 0.4) is 0 Å². The molecule has 0 spiro atoms. The fourth-order valence-electron chi connectivity index (χ4n) is 1.13. The lowest BCUT2D eigenvalue weighted by atomic mass is 9.95. The van der Waals surface area contributed by atoms with E-state index in [0.717, 1.165) is 0 Å². The minimum Gasteiger partial charge on any atom is -0.295 e. The Kier molecular flexibility index (Phi) is 1.43. The molecule has 0 heterocycles. The van der Waals surface area contributed by atoms with Crippen LogP contribution in [-0.2, 0) is 4.79 Å². The van der Waals surface area contributed by atoms with Gasteiger partial charge in [0.2, 0.25) is 0 Å². The molecule has 0 aromatic heterocycles. The maximum absolute atomic E-state index is 10.9. The predicted molar refractivity (Wildman–Crippen MR) is 37.1 cm³/mol. The molecule has 1 rings (SSSR count). The Balaban J connectivity index is 2.82. The quantitative estimate of drug-likeness (QED) is 0.481.